The Labute approximate surface area is 113 Å². The zero-order chi connectivity index (χ0) is 13.4. The molecule has 18 heavy (non-hydrogen) atoms. The van der Waals surface area contributed by atoms with Crippen LogP contribution in [0.3, 0.4) is 0 Å². The summed E-state index contributed by atoms with van der Waals surface area (Å²) in [6, 6.07) is 6.76. The molecule has 0 radical (unpaired) electrons. The molecule has 0 atom stereocenters. The molecule has 0 saturated carbocycles. The molecule has 6 heteroatoms. The van der Waals surface area contributed by atoms with Gasteiger partial charge in [-0.25, -0.2) is 8.42 Å². The number of benzene rings is 1. The summed E-state index contributed by atoms with van der Waals surface area (Å²) in [6.45, 7) is 1.07. The second kappa shape index (κ2) is 7.66. The molecule has 0 aliphatic rings. The second-order valence-electron chi connectivity index (χ2n) is 3.91. The van der Waals surface area contributed by atoms with Crippen LogP contribution in [0.1, 0.15) is 6.42 Å². The lowest BCUT2D eigenvalue weighted by Crippen LogP contribution is -2.05. The Kier molecular flexibility index (Phi) is 6.52. The lowest BCUT2D eigenvalue weighted by molar-refractivity contribution is 0.296. The summed E-state index contributed by atoms with van der Waals surface area (Å²) in [7, 11) is -3.11. The number of aliphatic hydroxyl groups is 1. The SMILES string of the molecule is CS(=O)(=O)c1ccc(NCCSCCCO)cc1. The van der Waals surface area contributed by atoms with Crippen molar-refractivity contribution in [3.05, 3.63) is 24.3 Å². The van der Waals surface area contributed by atoms with Crippen LogP contribution in [0.2, 0.25) is 0 Å². The minimum Gasteiger partial charge on any atom is -0.396 e. The third-order valence-corrected chi connectivity index (χ3v) is 4.50. The molecule has 102 valence electrons. The van der Waals surface area contributed by atoms with Gasteiger partial charge in [-0.05, 0) is 36.4 Å². The van der Waals surface area contributed by atoms with E-state index in [1.54, 1.807) is 36.0 Å². The molecule has 0 unspecified atom stereocenters. The van der Waals surface area contributed by atoms with E-state index in [0.717, 1.165) is 30.2 Å². The van der Waals surface area contributed by atoms with Crippen LogP contribution < -0.4 is 5.32 Å². The number of nitrogens with one attached hydrogen (secondary N) is 1. The van der Waals surface area contributed by atoms with Crippen LogP contribution in [0.5, 0.6) is 0 Å². The fourth-order valence-corrected chi connectivity index (χ4v) is 2.77. The normalized spacial score (nSPS) is 11.4. The summed E-state index contributed by atoms with van der Waals surface area (Å²) < 4.78 is 22.5. The molecule has 0 bridgehead atoms. The van der Waals surface area contributed by atoms with E-state index in [1.807, 2.05) is 0 Å². The number of thioether (sulfide) groups is 1. The number of anilines is 1. The summed E-state index contributed by atoms with van der Waals surface area (Å²) in [5.41, 5.74) is 0.921. The van der Waals surface area contributed by atoms with Crippen molar-refractivity contribution in [2.75, 3.05) is 36.2 Å². The fourth-order valence-electron chi connectivity index (χ4n) is 1.36. The van der Waals surface area contributed by atoms with Crippen LogP contribution in [-0.4, -0.2) is 44.4 Å². The van der Waals surface area contributed by atoms with Gasteiger partial charge in [-0.15, -0.1) is 0 Å². The Morgan fingerprint density at radius 1 is 1.22 bits per heavy atom. The first kappa shape index (κ1) is 15.3. The minimum atomic E-state index is -3.11. The van der Waals surface area contributed by atoms with Crippen molar-refractivity contribution in [2.45, 2.75) is 11.3 Å². The van der Waals surface area contributed by atoms with Gasteiger partial charge in [0.1, 0.15) is 0 Å². The highest BCUT2D eigenvalue weighted by atomic mass is 32.2. The highest BCUT2D eigenvalue weighted by molar-refractivity contribution is 7.99. The number of aliphatic hydroxyl groups excluding tert-OH is 1. The average molecular weight is 289 g/mol. The van der Waals surface area contributed by atoms with Gasteiger partial charge in [-0.3, -0.25) is 0 Å². The average Bonchev–Trinajstić information content (AvgIpc) is 2.33. The first-order valence-corrected chi connectivity index (χ1v) is 8.81. The molecule has 1 aromatic rings. The number of hydrogen-bond donors (Lipinski definition) is 2. The predicted molar refractivity (Wildman–Crippen MR) is 77.1 cm³/mol. The van der Waals surface area contributed by atoms with Crippen molar-refractivity contribution in [2.24, 2.45) is 0 Å². The van der Waals surface area contributed by atoms with E-state index < -0.39 is 9.84 Å². The van der Waals surface area contributed by atoms with Crippen LogP contribution >= 0.6 is 11.8 Å². The summed E-state index contributed by atoms with van der Waals surface area (Å²) in [5.74, 6) is 1.93. The molecule has 1 aromatic carbocycles. The quantitative estimate of drug-likeness (QED) is 0.712. The van der Waals surface area contributed by atoms with Gasteiger partial charge in [0.15, 0.2) is 9.84 Å². The van der Waals surface area contributed by atoms with Crippen LogP contribution in [0.25, 0.3) is 0 Å². The van der Waals surface area contributed by atoms with Gasteiger partial charge in [0.25, 0.3) is 0 Å². The van der Waals surface area contributed by atoms with Crippen molar-refractivity contribution in [3.63, 3.8) is 0 Å². The summed E-state index contributed by atoms with van der Waals surface area (Å²) in [6.07, 6.45) is 2.03. The Bertz CT molecular complexity index is 443. The molecule has 4 nitrogen and oxygen atoms in total. The van der Waals surface area contributed by atoms with Crippen molar-refractivity contribution in [1.29, 1.82) is 0 Å². The zero-order valence-corrected chi connectivity index (χ0v) is 12.1. The number of hydrogen-bond acceptors (Lipinski definition) is 5. The van der Waals surface area contributed by atoms with E-state index in [4.69, 9.17) is 5.11 Å². The van der Waals surface area contributed by atoms with E-state index in [2.05, 4.69) is 5.32 Å². The number of sulfone groups is 1. The smallest absolute Gasteiger partial charge is 0.175 e. The third kappa shape index (κ3) is 5.75. The molecule has 0 fully saturated rings. The van der Waals surface area contributed by atoms with E-state index >= 15 is 0 Å². The van der Waals surface area contributed by atoms with Crippen LogP contribution in [0, 0.1) is 0 Å². The topological polar surface area (TPSA) is 66.4 Å². The zero-order valence-electron chi connectivity index (χ0n) is 10.4. The monoisotopic (exact) mass is 289 g/mol. The molecule has 0 aliphatic carbocycles. The highest BCUT2D eigenvalue weighted by Gasteiger charge is 2.05. The molecule has 0 spiro atoms. The lowest BCUT2D eigenvalue weighted by atomic mass is 10.3. The van der Waals surface area contributed by atoms with E-state index in [1.165, 1.54) is 6.26 Å². The largest absolute Gasteiger partial charge is 0.396 e. The van der Waals surface area contributed by atoms with Gasteiger partial charge in [0, 0.05) is 30.8 Å². The first-order chi connectivity index (χ1) is 8.54. The molecule has 0 amide bonds. The van der Waals surface area contributed by atoms with Gasteiger partial charge in [0.05, 0.1) is 4.90 Å². The summed E-state index contributed by atoms with van der Waals surface area (Å²) >= 11 is 1.79. The Morgan fingerprint density at radius 3 is 2.44 bits per heavy atom. The molecule has 0 saturated heterocycles. The molecule has 0 aromatic heterocycles. The standard InChI is InChI=1S/C12H19NO3S2/c1-18(15,16)12-5-3-11(4-6-12)13-7-10-17-9-2-8-14/h3-6,13-14H,2,7-10H2,1H3. The first-order valence-electron chi connectivity index (χ1n) is 5.76. The Morgan fingerprint density at radius 2 is 1.89 bits per heavy atom. The van der Waals surface area contributed by atoms with Gasteiger partial charge in [-0.2, -0.15) is 11.8 Å². The summed E-state index contributed by atoms with van der Waals surface area (Å²) in [4.78, 5) is 0.338. The molecule has 2 N–H and O–H groups in total. The highest BCUT2D eigenvalue weighted by Crippen LogP contribution is 2.13. The lowest BCUT2D eigenvalue weighted by Gasteiger charge is -2.06. The van der Waals surface area contributed by atoms with Gasteiger partial charge in [-0.1, -0.05) is 0 Å². The van der Waals surface area contributed by atoms with Crippen LogP contribution in [0.15, 0.2) is 29.2 Å². The maximum atomic E-state index is 11.3. The van der Waals surface area contributed by atoms with E-state index in [-0.39, 0.29) is 6.61 Å². The van der Waals surface area contributed by atoms with Crippen LogP contribution in [-0.2, 0) is 9.84 Å². The Balaban J connectivity index is 2.32. The van der Waals surface area contributed by atoms with Crippen molar-refractivity contribution in [3.8, 4) is 0 Å². The Hall–Kier alpha value is -0.720. The predicted octanol–water partition coefficient (Wildman–Crippen LogP) is 1.62. The fraction of sp³-hybridized carbons (Fsp3) is 0.500. The molecule has 0 aliphatic heterocycles. The van der Waals surface area contributed by atoms with Crippen LogP contribution in [0.4, 0.5) is 5.69 Å². The maximum Gasteiger partial charge on any atom is 0.175 e. The van der Waals surface area contributed by atoms with Gasteiger partial charge < -0.3 is 10.4 Å². The molecular weight excluding hydrogens is 270 g/mol. The van der Waals surface area contributed by atoms with Gasteiger partial charge >= 0.3 is 0 Å². The number of rotatable bonds is 8. The third-order valence-electron chi connectivity index (χ3n) is 2.30. The van der Waals surface area contributed by atoms with Crippen molar-refractivity contribution in [1.82, 2.24) is 0 Å². The van der Waals surface area contributed by atoms with Crippen molar-refractivity contribution < 1.29 is 13.5 Å². The maximum absolute atomic E-state index is 11.3. The summed E-state index contributed by atoms with van der Waals surface area (Å²) in [5, 5.41) is 11.8. The van der Waals surface area contributed by atoms with E-state index in [0.29, 0.717) is 4.90 Å². The molecular formula is C12H19NO3S2. The van der Waals surface area contributed by atoms with E-state index in [9.17, 15) is 8.42 Å². The van der Waals surface area contributed by atoms with Crippen molar-refractivity contribution >= 4 is 27.3 Å². The molecule has 0 heterocycles. The molecule has 1 rings (SSSR count). The second-order valence-corrected chi connectivity index (χ2v) is 7.15. The van der Waals surface area contributed by atoms with Gasteiger partial charge in [0.2, 0.25) is 0 Å². The minimum absolute atomic E-state index is 0.243.